The molecular formula is C11H15ClN6O. The molecule has 1 heterocycles. The summed E-state index contributed by atoms with van der Waals surface area (Å²) in [7, 11) is 0. The molecule has 0 spiro atoms. The van der Waals surface area contributed by atoms with Crippen molar-refractivity contribution in [3.8, 4) is 11.4 Å². The van der Waals surface area contributed by atoms with Crippen molar-refractivity contribution in [3.63, 3.8) is 0 Å². The second-order valence-electron chi connectivity index (χ2n) is 3.75. The van der Waals surface area contributed by atoms with Crippen molar-refractivity contribution in [2.24, 2.45) is 5.73 Å². The summed E-state index contributed by atoms with van der Waals surface area (Å²) in [4.78, 5) is 11.2. The quantitative estimate of drug-likeness (QED) is 0.728. The number of aromatic nitrogens is 4. The highest BCUT2D eigenvalue weighted by molar-refractivity contribution is 5.85. The molecule has 0 atom stereocenters. The number of hydrogen-bond acceptors (Lipinski definition) is 5. The Morgan fingerprint density at radius 1 is 1.32 bits per heavy atom. The average Bonchev–Trinajstić information content (AvgIpc) is 2.91. The molecule has 2 aromatic rings. The Morgan fingerprint density at radius 3 is 2.63 bits per heavy atom. The minimum Gasteiger partial charge on any atom is -0.352 e. The summed E-state index contributed by atoms with van der Waals surface area (Å²) in [5.41, 5.74) is 7.17. The average molecular weight is 283 g/mol. The van der Waals surface area contributed by atoms with E-state index in [2.05, 4.69) is 25.9 Å². The number of H-pyrrole nitrogens is 1. The summed E-state index contributed by atoms with van der Waals surface area (Å²) in [5.74, 6) is 0.508. The number of carbonyl (C=O) groups is 1. The Hall–Kier alpha value is -1.99. The van der Waals surface area contributed by atoms with Gasteiger partial charge >= 0.3 is 0 Å². The lowest BCUT2D eigenvalue weighted by Gasteiger charge is -2.04. The Morgan fingerprint density at radius 2 is 2.05 bits per heavy atom. The van der Waals surface area contributed by atoms with E-state index < -0.39 is 0 Å². The van der Waals surface area contributed by atoms with Gasteiger partial charge in [-0.2, -0.15) is 5.21 Å². The summed E-state index contributed by atoms with van der Waals surface area (Å²) in [6.07, 6.45) is 0.348. The third kappa shape index (κ3) is 4.31. The van der Waals surface area contributed by atoms with Crippen molar-refractivity contribution in [1.82, 2.24) is 25.9 Å². The third-order valence-electron chi connectivity index (χ3n) is 2.42. The fourth-order valence-corrected chi connectivity index (χ4v) is 1.48. The predicted octanol–water partition coefficient (Wildman–Crippen LogP) is 0.253. The van der Waals surface area contributed by atoms with E-state index in [-0.39, 0.29) is 18.3 Å². The Bertz CT molecular complexity index is 498. The fourth-order valence-electron chi connectivity index (χ4n) is 1.48. The molecule has 0 aliphatic carbocycles. The van der Waals surface area contributed by atoms with E-state index in [9.17, 15) is 4.79 Å². The number of nitrogens with one attached hydrogen (secondary N) is 2. The largest absolute Gasteiger partial charge is 0.352 e. The minimum absolute atomic E-state index is 0. The highest BCUT2D eigenvalue weighted by Crippen LogP contribution is 2.13. The zero-order valence-corrected chi connectivity index (χ0v) is 11.0. The molecule has 1 aromatic heterocycles. The van der Waals surface area contributed by atoms with Crippen molar-refractivity contribution >= 4 is 18.3 Å². The van der Waals surface area contributed by atoms with Gasteiger partial charge in [-0.15, -0.1) is 22.6 Å². The monoisotopic (exact) mass is 282 g/mol. The van der Waals surface area contributed by atoms with Gasteiger partial charge in [-0.3, -0.25) is 4.79 Å². The highest BCUT2D eigenvalue weighted by Gasteiger charge is 2.03. The van der Waals surface area contributed by atoms with E-state index >= 15 is 0 Å². The Labute approximate surface area is 116 Å². The van der Waals surface area contributed by atoms with Gasteiger partial charge in [-0.05, 0) is 10.8 Å². The summed E-state index contributed by atoms with van der Waals surface area (Å²) >= 11 is 0. The molecule has 0 unspecified atom stereocenters. The van der Waals surface area contributed by atoms with Gasteiger partial charge in [0, 0.05) is 25.1 Å². The van der Waals surface area contributed by atoms with Crippen LogP contribution in [-0.2, 0) is 11.3 Å². The fraction of sp³-hybridized carbons (Fsp3) is 0.273. The minimum atomic E-state index is -0.0419. The molecule has 1 amide bonds. The lowest BCUT2D eigenvalue weighted by molar-refractivity contribution is -0.121. The number of amides is 1. The second kappa shape index (κ2) is 7.45. The van der Waals surface area contributed by atoms with Gasteiger partial charge in [0.2, 0.25) is 11.7 Å². The van der Waals surface area contributed by atoms with Gasteiger partial charge < -0.3 is 11.1 Å². The molecule has 0 radical (unpaired) electrons. The first kappa shape index (κ1) is 15.1. The lowest BCUT2D eigenvalue weighted by atomic mass is 10.1. The van der Waals surface area contributed by atoms with Crippen LogP contribution in [0.1, 0.15) is 12.0 Å². The van der Waals surface area contributed by atoms with Crippen molar-refractivity contribution in [1.29, 1.82) is 0 Å². The number of aromatic amines is 1. The molecule has 4 N–H and O–H groups in total. The predicted molar refractivity (Wildman–Crippen MR) is 72.4 cm³/mol. The topological polar surface area (TPSA) is 110 Å². The van der Waals surface area contributed by atoms with Crippen LogP contribution in [0.4, 0.5) is 0 Å². The van der Waals surface area contributed by atoms with Crippen molar-refractivity contribution < 1.29 is 4.79 Å². The SMILES string of the molecule is Cl.NCCC(=O)NCc1ccc(-c2nn[nH]n2)cc1. The van der Waals surface area contributed by atoms with Crippen LogP contribution < -0.4 is 11.1 Å². The standard InChI is InChI=1S/C11H14N6O.ClH/c12-6-5-10(18)13-7-8-1-3-9(4-2-8)11-14-16-17-15-11;/h1-4H,5-7,12H2,(H,13,18)(H,14,15,16,17);1H. The molecule has 7 nitrogen and oxygen atoms in total. The van der Waals surface area contributed by atoms with Crippen LogP contribution in [0, 0.1) is 0 Å². The molecule has 0 aliphatic heterocycles. The molecule has 0 fully saturated rings. The summed E-state index contributed by atoms with van der Waals surface area (Å²) < 4.78 is 0. The van der Waals surface area contributed by atoms with Crippen molar-refractivity contribution in [2.45, 2.75) is 13.0 Å². The van der Waals surface area contributed by atoms with E-state index in [0.29, 0.717) is 25.3 Å². The van der Waals surface area contributed by atoms with Gasteiger partial charge in [0.05, 0.1) is 0 Å². The van der Waals surface area contributed by atoms with Crippen LogP contribution in [-0.4, -0.2) is 33.1 Å². The molecule has 8 heteroatoms. The molecule has 0 saturated heterocycles. The van der Waals surface area contributed by atoms with E-state index in [4.69, 9.17) is 5.73 Å². The number of rotatable bonds is 5. The highest BCUT2D eigenvalue weighted by atomic mass is 35.5. The van der Waals surface area contributed by atoms with E-state index in [0.717, 1.165) is 11.1 Å². The normalized spacial score (nSPS) is 9.74. The zero-order valence-electron chi connectivity index (χ0n) is 10.2. The molecule has 2 rings (SSSR count). The summed E-state index contributed by atoms with van der Waals surface area (Å²) in [5, 5.41) is 16.4. The number of nitrogens with zero attached hydrogens (tertiary/aromatic N) is 3. The lowest BCUT2D eigenvalue weighted by Crippen LogP contribution is -2.24. The smallest absolute Gasteiger partial charge is 0.221 e. The van der Waals surface area contributed by atoms with Crippen LogP contribution >= 0.6 is 12.4 Å². The first-order valence-electron chi connectivity index (χ1n) is 5.59. The third-order valence-corrected chi connectivity index (χ3v) is 2.42. The maximum absolute atomic E-state index is 11.2. The van der Waals surface area contributed by atoms with Crippen LogP contribution in [0.15, 0.2) is 24.3 Å². The molecule has 0 saturated carbocycles. The molecule has 102 valence electrons. The van der Waals surface area contributed by atoms with E-state index in [1.165, 1.54) is 0 Å². The van der Waals surface area contributed by atoms with Gasteiger partial charge in [0.1, 0.15) is 0 Å². The Balaban J connectivity index is 0.00000180. The van der Waals surface area contributed by atoms with Gasteiger partial charge in [-0.25, -0.2) is 0 Å². The van der Waals surface area contributed by atoms with Gasteiger partial charge in [0.15, 0.2) is 0 Å². The van der Waals surface area contributed by atoms with Crippen molar-refractivity contribution in [3.05, 3.63) is 29.8 Å². The molecule has 1 aromatic carbocycles. The van der Waals surface area contributed by atoms with E-state index in [1.807, 2.05) is 24.3 Å². The van der Waals surface area contributed by atoms with Crippen LogP contribution in [0.3, 0.4) is 0 Å². The van der Waals surface area contributed by atoms with Crippen LogP contribution in [0.25, 0.3) is 11.4 Å². The van der Waals surface area contributed by atoms with Gasteiger partial charge in [0.25, 0.3) is 0 Å². The summed E-state index contributed by atoms with van der Waals surface area (Å²) in [6, 6.07) is 7.59. The Kier molecular flexibility index (Phi) is 5.91. The molecular weight excluding hydrogens is 268 g/mol. The second-order valence-corrected chi connectivity index (χ2v) is 3.75. The van der Waals surface area contributed by atoms with Gasteiger partial charge in [-0.1, -0.05) is 24.3 Å². The first-order chi connectivity index (χ1) is 8.79. The molecule has 0 aliphatic rings. The maximum Gasteiger partial charge on any atom is 0.221 e. The number of benzene rings is 1. The van der Waals surface area contributed by atoms with Crippen LogP contribution in [0.5, 0.6) is 0 Å². The molecule has 19 heavy (non-hydrogen) atoms. The number of carbonyl (C=O) groups excluding carboxylic acids is 1. The first-order valence-corrected chi connectivity index (χ1v) is 5.59. The number of tetrazole rings is 1. The summed E-state index contributed by atoms with van der Waals surface area (Å²) in [6.45, 7) is 0.855. The van der Waals surface area contributed by atoms with Crippen molar-refractivity contribution in [2.75, 3.05) is 6.54 Å². The number of halogens is 1. The number of nitrogens with two attached hydrogens (primary N) is 1. The zero-order chi connectivity index (χ0) is 12.8. The number of hydrogen-bond donors (Lipinski definition) is 3. The van der Waals surface area contributed by atoms with E-state index in [1.54, 1.807) is 0 Å². The van der Waals surface area contributed by atoms with Crippen LogP contribution in [0.2, 0.25) is 0 Å². The maximum atomic E-state index is 11.2. The molecule has 0 bridgehead atoms.